The third-order valence-electron chi connectivity index (χ3n) is 4.63. The fraction of sp³-hybridized carbons (Fsp3) is 0.688. The maximum absolute atomic E-state index is 11.8. The zero-order chi connectivity index (χ0) is 18.6. The van der Waals surface area contributed by atoms with Crippen molar-refractivity contribution >= 4 is 29.1 Å². The Morgan fingerprint density at radius 3 is 2.84 bits per heavy atom. The van der Waals surface area contributed by atoms with Crippen molar-refractivity contribution in [2.45, 2.75) is 52.5 Å². The van der Waals surface area contributed by atoms with Gasteiger partial charge in [0.2, 0.25) is 11.1 Å². The summed E-state index contributed by atoms with van der Waals surface area (Å²) in [5, 5.41) is 11.4. The van der Waals surface area contributed by atoms with Gasteiger partial charge in [0.1, 0.15) is 6.20 Å². The standard InChI is InChI=1S/C16H23ClN4O4/c1-4-25-13(22)7-9-20(12-6-5-8-16(12,2)3)14-11(21(23)24)10-18-15(17)19-14/h10,12H,4-9H2,1-3H3. The average molecular weight is 371 g/mol. The molecular formula is C16H23ClN4O4. The molecule has 1 aliphatic carbocycles. The molecular weight excluding hydrogens is 348 g/mol. The van der Waals surface area contributed by atoms with E-state index in [1.54, 1.807) is 6.92 Å². The van der Waals surface area contributed by atoms with E-state index in [2.05, 4.69) is 23.8 Å². The second-order valence-corrected chi connectivity index (χ2v) is 7.09. The summed E-state index contributed by atoms with van der Waals surface area (Å²) >= 11 is 5.89. The molecule has 0 N–H and O–H groups in total. The van der Waals surface area contributed by atoms with Crippen molar-refractivity contribution in [2.75, 3.05) is 18.1 Å². The minimum absolute atomic E-state index is 0.0200. The zero-order valence-electron chi connectivity index (χ0n) is 14.7. The number of carbonyl (C=O) groups is 1. The minimum Gasteiger partial charge on any atom is -0.466 e. The zero-order valence-corrected chi connectivity index (χ0v) is 15.5. The summed E-state index contributed by atoms with van der Waals surface area (Å²) in [6, 6.07) is 0.0200. The maximum Gasteiger partial charge on any atom is 0.329 e. The molecule has 1 unspecified atom stereocenters. The van der Waals surface area contributed by atoms with Crippen molar-refractivity contribution in [3.8, 4) is 0 Å². The second kappa shape index (κ2) is 7.95. The summed E-state index contributed by atoms with van der Waals surface area (Å²) in [4.78, 5) is 32.4. The smallest absolute Gasteiger partial charge is 0.329 e. The summed E-state index contributed by atoms with van der Waals surface area (Å²) in [6.07, 6.45) is 4.12. The molecule has 1 aliphatic rings. The largest absolute Gasteiger partial charge is 0.466 e. The van der Waals surface area contributed by atoms with E-state index in [1.807, 2.05) is 4.90 Å². The predicted octanol–water partition coefficient (Wildman–Crippen LogP) is 3.38. The Kier molecular flexibility index (Phi) is 6.16. The number of ether oxygens (including phenoxy) is 1. The highest BCUT2D eigenvalue weighted by Crippen LogP contribution is 2.43. The van der Waals surface area contributed by atoms with Gasteiger partial charge in [-0.05, 0) is 36.8 Å². The van der Waals surface area contributed by atoms with Crippen molar-refractivity contribution in [3.05, 3.63) is 21.6 Å². The van der Waals surface area contributed by atoms with Crippen LogP contribution < -0.4 is 4.90 Å². The first-order valence-corrected chi connectivity index (χ1v) is 8.73. The van der Waals surface area contributed by atoms with Crippen LogP contribution in [-0.2, 0) is 9.53 Å². The van der Waals surface area contributed by atoms with Crippen LogP contribution in [0.5, 0.6) is 0 Å². The molecule has 1 heterocycles. The van der Waals surface area contributed by atoms with Crippen LogP contribution in [0.4, 0.5) is 11.5 Å². The van der Waals surface area contributed by atoms with Crippen molar-refractivity contribution in [1.29, 1.82) is 0 Å². The van der Waals surface area contributed by atoms with E-state index in [1.165, 1.54) is 0 Å². The Morgan fingerprint density at radius 2 is 2.28 bits per heavy atom. The number of nitrogens with zero attached hydrogens (tertiary/aromatic N) is 4. The van der Waals surface area contributed by atoms with Crippen LogP contribution in [0.2, 0.25) is 5.28 Å². The Labute approximate surface area is 151 Å². The molecule has 0 radical (unpaired) electrons. The van der Waals surface area contributed by atoms with Gasteiger partial charge in [0, 0.05) is 12.6 Å². The summed E-state index contributed by atoms with van der Waals surface area (Å²) in [5.74, 6) is -0.180. The molecule has 0 spiro atoms. The van der Waals surface area contributed by atoms with Gasteiger partial charge in [-0.3, -0.25) is 14.9 Å². The summed E-state index contributed by atoms with van der Waals surface area (Å²) in [7, 11) is 0. The third kappa shape index (κ3) is 4.56. The summed E-state index contributed by atoms with van der Waals surface area (Å²) < 4.78 is 4.99. The normalized spacial score (nSPS) is 18.8. The number of esters is 1. The van der Waals surface area contributed by atoms with Crippen LogP contribution in [0.3, 0.4) is 0 Å². The lowest BCUT2D eigenvalue weighted by Crippen LogP contribution is -2.44. The van der Waals surface area contributed by atoms with E-state index in [0.717, 1.165) is 25.5 Å². The molecule has 1 aromatic rings. The molecule has 0 aliphatic heterocycles. The lowest BCUT2D eigenvalue weighted by Gasteiger charge is -2.38. The van der Waals surface area contributed by atoms with Crippen LogP contribution in [0.1, 0.15) is 46.5 Å². The van der Waals surface area contributed by atoms with Crippen molar-refractivity contribution in [2.24, 2.45) is 5.41 Å². The van der Waals surface area contributed by atoms with E-state index < -0.39 is 4.92 Å². The van der Waals surface area contributed by atoms with Gasteiger partial charge in [0.25, 0.3) is 0 Å². The summed E-state index contributed by atoms with van der Waals surface area (Å²) in [6.45, 7) is 6.56. The van der Waals surface area contributed by atoms with Gasteiger partial charge in [-0.25, -0.2) is 4.98 Å². The lowest BCUT2D eigenvalue weighted by molar-refractivity contribution is -0.384. The van der Waals surface area contributed by atoms with E-state index in [4.69, 9.17) is 16.3 Å². The second-order valence-electron chi connectivity index (χ2n) is 6.75. The lowest BCUT2D eigenvalue weighted by atomic mass is 9.86. The highest BCUT2D eigenvalue weighted by Gasteiger charge is 2.41. The van der Waals surface area contributed by atoms with Gasteiger partial charge in [-0.2, -0.15) is 4.98 Å². The van der Waals surface area contributed by atoms with Gasteiger partial charge in [-0.15, -0.1) is 0 Å². The molecule has 1 saturated carbocycles. The van der Waals surface area contributed by atoms with Gasteiger partial charge in [0.15, 0.2) is 0 Å². The highest BCUT2D eigenvalue weighted by atomic mass is 35.5. The topological polar surface area (TPSA) is 98.5 Å². The Bertz CT molecular complexity index is 653. The fourth-order valence-corrected chi connectivity index (χ4v) is 3.55. The highest BCUT2D eigenvalue weighted by molar-refractivity contribution is 6.28. The van der Waals surface area contributed by atoms with Crippen molar-refractivity contribution in [1.82, 2.24) is 9.97 Å². The molecule has 9 heteroatoms. The van der Waals surface area contributed by atoms with Gasteiger partial charge >= 0.3 is 11.7 Å². The molecule has 0 aromatic carbocycles. The number of rotatable bonds is 7. The summed E-state index contributed by atoms with van der Waals surface area (Å²) in [5.41, 5.74) is -0.268. The molecule has 8 nitrogen and oxygen atoms in total. The quantitative estimate of drug-likeness (QED) is 0.314. The molecule has 1 aromatic heterocycles. The van der Waals surface area contributed by atoms with E-state index in [-0.39, 0.29) is 47.2 Å². The maximum atomic E-state index is 11.8. The molecule has 0 saturated heterocycles. The molecule has 25 heavy (non-hydrogen) atoms. The monoisotopic (exact) mass is 370 g/mol. The number of nitro groups is 1. The van der Waals surface area contributed by atoms with E-state index in [9.17, 15) is 14.9 Å². The van der Waals surface area contributed by atoms with Crippen LogP contribution >= 0.6 is 11.6 Å². The SMILES string of the molecule is CCOC(=O)CCN(c1nc(Cl)ncc1[N+](=O)[O-])C1CCCC1(C)C. The first-order chi connectivity index (χ1) is 11.8. The van der Waals surface area contributed by atoms with Crippen LogP contribution in [0.25, 0.3) is 0 Å². The fourth-order valence-electron chi connectivity index (χ4n) is 3.43. The number of halogens is 1. The van der Waals surface area contributed by atoms with Gasteiger partial charge in [-0.1, -0.05) is 20.3 Å². The molecule has 1 fully saturated rings. The number of hydrogen-bond acceptors (Lipinski definition) is 7. The Hall–Kier alpha value is -1.96. The first-order valence-electron chi connectivity index (χ1n) is 8.35. The van der Waals surface area contributed by atoms with Crippen LogP contribution in [-0.4, -0.2) is 40.1 Å². The number of anilines is 1. The molecule has 138 valence electrons. The van der Waals surface area contributed by atoms with Gasteiger partial charge in [0.05, 0.1) is 18.0 Å². The van der Waals surface area contributed by atoms with Crippen molar-refractivity contribution < 1.29 is 14.5 Å². The molecule has 0 bridgehead atoms. The predicted molar refractivity (Wildman–Crippen MR) is 93.7 cm³/mol. The number of aromatic nitrogens is 2. The van der Waals surface area contributed by atoms with E-state index in [0.29, 0.717) is 6.61 Å². The first kappa shape index (κ1) is 19.4. The minimum atomic E-state index is -0.523. The van der Waals surface area contributed by atoms with Crippen LogP contribution in [0, 0.1) is 15.5 Å². The van der Waals surface area contributed by atoms with Gasteiger partial charge < -0.3 is 9.64 Å². The molecule has 1 atom stereocenters. The third-order valence-corrected chi connectivity index (χ3v) is 4.81. The van der Waals surface area contributed by atoms with Crippen molar-refractivity contribution in [3.63, 3.8) is 0 Å². The van der Waals surface area contributed by atoms with E-state index >= 15 is 0 Å². The Morgan fingerprint density at radius 1 is 1.56 bits per heavy atom. The molecule has 2 rings (SSSR count). The van der Waals surface area contributed by atoms with Crippen LogP contribution in [0.15, 0.2) is 6.20 Å². The Balaban J connectivity index is 2.39. The number of hydrogen-bond donors (Lipinski definition) is 0. The number of carbonyl (C=O) groups excluding carboxylic acids is 1. The molecule has 0 amide bonds. The average Bonchev–Trinajstić information content (AvgIpc) is 2.87.